The van der Waals surface area contributed by atoms with Crippen LogP contribution < -0.4 is 15.9 Å². The van der Waals surface area contributed by atoms with E-state index >= 15 is 0 Å². The molecule has 1 aromatic carbocycles. The minimum Gasteiger partial charge on any atom is -0.504 e. The summed E-state index contributed by atoms with van der Waals surface area (Å²) in [4.78, 5) is 21.6. The number of fused-ring (bicyclic) bond motifs is 1. The van der Waals surface area contributed by atoms with Crippen LogP contribution >= 0.6 is 33.9 Å². The highest BCUT2D eigenvalue weighted by Gasteiger charge is 2.18. The monoisotopic (exact) mass is 483 g/mol. The van der Waals surface area contributed by atoms with Gasteiger partial charge in [-0.1, -0.05) is 0 Å². The van der Waals surface area contributed by atoms with Crippen LogP contribution in [-0.2, 0) is 0 Å². The Labute approximate surface area is 166 Å². The zero-order valence-corrected chi connectivity index (χ0v) is 16.8. The summed E-state index contributed by atoms with van der Waals surface area (Å²) in [5.41, 5.74) is 9.74. The van der Waals surface area contributed by atoms with Crippen LogP contribution in [0.4, 0.5) is 5.82 Å². The number of halogens is 1. The second-order valence-corrected chi connectivity index (χ2v) is 7.41. The highest BCUT2D eigenvalue weighted by Crippen LogP contribution is 2.32. The summed E-state index contributed by atoms with van der Waals surface area (Å²) in [6, 6.07) is 3.34. The van der Waals surface area contributed by atoms with Crippen LogP contribution in [0.3, 0.4) is 0 Å². The number of anilines is 1. The summed E-state index contributed by atoms with van der Waals surface area (Å²) in [6.07, 6.45) is 2.84. The van der Waals surface area contributed by atoms with Gasteiger partial charge in [0.25, 0.3) is 5.91 Å². The predicted octanol–water partition coefficient (Wildman–Crippen LogP) is 2.66. The average Bonchev–Trinajstić information content (AvgIpc) is 2.96. The Morgan fingerprint density at radius 2 is 2.23 bits per heavy atom. The lowest BCUT2D eigenvalue weighted by Gasteiger charge is -2.06. The van der Waals surface area contributed by atoms with Gasteiger partial charge in [0.05, 0.1) is 27.2 Å². The molecule has 0 aliphatic carbocycles. The van der Waals surface area contributed by atoms with Crippen LogP contribution in [0.5, 0.6) is 11.5 Å². The maximum atomic E-state index is 12.4. The number of nitrogen functional groups attached to an aromatic ring is 1. The number of aromatic hydroxyl groups is 1. The van der Waals surface area contributed by atoms with Crippen molar-refractivity contribution in [2.24, 2.45) is 5.10 Å². The molecule has 0 spiro atoms. The van der Waals surface area contributed by atoms with E-state index in [1.54, 1.807) is 19.1 Å². The van der Waals surface area contributed by atoms with E-state index in [9.17, 15) is 9.90 Å². The summed E-state index contributed by atoms with van der Waals surface area (Å²) in [7, 11) is 1.46. The molecule has 0 saturated heterocycles. The average molecular weight is 483 g/mol. The van der Waals surface area contributed by atoms with Crippen molar-refractivity contribution in [3.63, 3.8) is 0 Å². The number of carbonyl (C=O) groups is 1. The smallest absolute Gasteiger partial charge is 0.281 e. The fourth-order valence-electron chi connectivity index (χ4n) is 2.36. The molecule has 3 aromatic rings. The van der Waals surface area contributed by atoms with Crippen molar-refractivity contribution in [1.29, 1.82) is 0 Å². The van der Waals surface area contributed by atoms with Gasteiger partial charge in [0.1, 0.15) is 17.0 Å². The number of amides is 1. The molecule has 2 aromatic heterocycles. The Morgan fingerprint density at radius 3 is 2.92 bits per heavy atom. The summed E-state index contributed by atoms with van der Waals surface area (Å²) < 4.78 is 5.71. The fourth-order valence-corrected chi connectivity index (χ4v) is 4.03. The van der Waals surface area contributed by atoms with Gasteiger partial charge in [-0.2, -0.15) is 5.10 Å². The number of aryl methyl sites for hydroxylation is 1. The Bertz CT molecular complexity index is 1030. The van der Waals surface area contributed by atoms with Crippen LogP contribution in [0.15, 0.2) is 23.6 Å². The Balaban J connectivity index is 1.81. The van der Waals surface area contributed by atoms with Crippen molar-refractivity contribution in [3.05, 3.63) is 38.0 Å². The van der Waals surface area contributed by atoms with Gasteiger partial charge in [-0.15, -0.1) is 11.3 Å². The normalized spacial score (nSPS) is 11.2. The molecule has 0 saturated carbocycles. The van der Waals surface area contributed by atoms with Crippen LogP contribution in [0.2, 0.25) is 0 Å². The number of nitrogens with two attached hydrogens (primary N) is 1. The Morgan fingerprint density at radius 1 is 1.46 bits per heavy atom. The molecular weight excluding hydrogens is 469 g/mol. The summed E-state index contributed by atoms with van der Waals surface area (Å²) >= 11 is 3.22. The van der Waals surface area contributed by atoms with Crippen LogP contribution in [0.25, 0.3) is 10.2 Å². The van der Waals surface area contributed by atoms with E-state index in [0.29, 0.717) is 35.8 Å². The largest absolute Gasteiger partial charge is 0.504 e. The van der Waals surface area contributed by atoms with E-state index in [2.05, 4.69) is 20.5 Å². The highest BCUT2D eigenvalue weighted by atomic mass is 127. The van der Waals surface area contributed by atoms with Gasteiger partial charge >= 0.3 is 0 Å². The molecule has 8 nitrogen and oxygen atoms in total. The predicted molar refractivity (Wildman–Crippen MR) is 109 cm³/mol. The molecular formula is C16H14IN5O3S. The molecule has 0 atom stereocenters. The minimum absolute atomic E-state index is 0.0638. The maximum Gasteiger partial charge on any atom is 0.281 e. The number of phenolic OH excluding ortho intramolecular Hbond substituents is 1. The van der Waals surface area contributed by atoms with Crippen molar-refractivity contribution in [3.8, 4) is 11.5 Å². The quantitative estimate of drug-likeness (QED) is 0.298. The van der Waals surface area contributed by atoms with E-state index in [0.717, 1.165) is 5.56 Å². The third kappa shape index (κ3) is 3.42. The lowest BCUT2D eigenvalue weighted by atomic mass is 10.2. The number of methoxy groups -OCH3 is 1. The number of carbonyl (C=O) groups excluding carboxylic acids is 1. The maximum absolute atomic E-state index is 12.4. The Hall–Kier alpha value is -2.47. The van der Waals surface area contributed by atoms with Crippen LogP contribution in [-0.4, -0.2) is 34.3 Å². The lowest BCUT2D eigenvalue weighted by Crippen LogP contribution is -2.17. The number of hydrogen-bond donors (Lipinski definition) is 3. The van der Waals surface area contributed by atoms with E-state index in [4.69, 9.17) is 10.5 Å². The van der Waals surface area contributed by atoms with Gasteiger partial charge in [-0.05, 0) is 52.8 Å². The Kier molecular flexibility index (Phi) is 5.23. The number of thiophene rings is 1. The van der Waals surface area contributed by atoms with Gasteiger partial charge in [0.2, 0.25) is 0 Å². The van der Waals surface area contributed by atoms with E-state index in [1.165, 1.54) is 31.0 Å². The third-order valence-corrected chi connectivity index (χ3v) is 5.63. The highest BCUT2D eigenvalue weighted by molar-refractivity contribution is 14.1. The summed E-state index contributed by atoms with van der Waals surface area (Å²) in [6.45, 7) is 1.80. The molecule has 26 heavy (non-hydrogen) atoms. The number of aromatic nitrogens is 2. The SMILES string of the molecule is COc1cc(/C=N\NC(=O)c2sc3ncnc(N)c3c2C)cc(I)c1O. The second-order valence-electron chi connectivity index (χ2n) is 5.25. The van der Waals surface area contributed by atoms with Gasteiger partial charge in [-0.25, -0.2) is 15.4 Å². The summed E-state index contributed by atoms with van der Waals surface area (Å²) in [5, 5.41) is 14.5. The topological polar surface area (TPSA) is 123 Å². The van der Waals surface area contributed by atoms with Gasteiger partial charge in [0, 0.05) is 0 Å². The molecule has 0 unspecified atom stereocenters. The van der Waals surface area contributed by atoms with Gasteiger partial charge < -0.3 is 15.6 Å². The second kappa shape index (κ2) is 7.41. The molecule has 1 amide bonds. The first-order chi connectivity index (χ1) is 12.4. The molecule has 0 bridgehead atoms. The van der Waals surface area contributed by atoms with Gasteiger partial charge in [0.15, 0.2) is 11.5 Å². The number of phenols is 1. The van der Waals surface area contributed by atoms with Crippen molar-refractivity contribution < 1.29 is 14.6 Å². The van der Waals surface area contributed by atoms with Crippen molar-refractivity contribution >= 4 is 62.1 Å². The molecule has 0 radical (unpaired) electrons. The third-order valence-electron chi connectivity index (χ3n) is 3.61. The number of hydrogen-bond acceptors (Lipinski definition) is 8. The fraction of sp³-hybridized carbons (Fsp3) is 0.125. The first-order valence-corrected chi connectivity index (χ1v) is 9.21. The number of hydrazone groups is 1. The van der Waals surface area contributed by atoms with E-state index in [-0.39, 0.29) is 11.7 Å². The first kappa shape index (κ1) is 18.3. The van der Waals surface area contributed by atoms with Crippen molar-refractivity contribution in [2.45, 2.75) is 6.92 Å². The number of ether oxygens (including phenoxy) is 1. The molecule has 0 aliphatic rings. The number of benzene rings is 1. The zero-order chi connectivity index (χ0) is 18.8. The van der Waals surface area contributed by atoms with Crippen LogP contribution in [0.1, 0.15) is 20.8 Å². The molecule has 0 aliphatic heterocycles. The zero-order valence-electron chi connectivity index (χ0n) is 13.8. The minimum atomic E-state index is -0.360. The lowest BCUT2D eigenvalue weighted by molar-refractivity contribution is 0.0958. The number of nitrogens with one attached hydrogen (secondary N) is 1. The summed E-state index contributed by atoms with van der Waals surface area (Å²) in [5.74, 6) is 0.381. The standard InChI is InChI=1S/C16H14IN5O3S/c1-7-11-14(18)19-6-20-16(11)26-13(7)15(24)22-21-5-8-3-9(17)12(23)10(4-8)25-2/h3-6,23H,1-2H3,(H,22,24)(H2,18,19,20)/b21-5-. The van der Waals surface area contributed by atoms with E-state index < -0.39 is 0 Å². The molecule has 2 heterocycles. The van der Waals surface area contributed by atoms with E-state index in [1.807, 2.05) is 22.6 Å². The molecule has 3 rings (SSSR count). The molecule has 0 fully saturated rings. The molecule has 134 valence electrons. The molecule has 4 N–H and O–H groups in total. The van der Waals surface area contributed by atoms with Crippen LogP contribution in [0, 0.1) is 10.5 Å². The first-order valence-electron chi connectivity index (χ1n) is 7.31. The number of rotatable bonds is 4. The number of nitrogens with zero attached hydrogens (tertiary/aromatic N) is 3. The van der Waals surface area contributed by atoms with Gasteiger partial charge in [-0.3, -0.25) is 4.79 Å². The van der Waals surface area contributed by atoms with Crippen molar-refractivity contribution in [1.82, 2.24) is 15.4 Å². The van der Waals surface area contributed by atoms with Crippen molar-refractivity contribution in [2.75, 3.05) is 12.8 Å². The molecule has 10 heteroatoms.